The fourth-order valence-corrected chi connectivity index (χ4v) is 2.34. The summed E-state index contributed by atoms with van der Waals surface area (Å²) < 4.78 is 0. The highest BCUT2D eigenvalue weighted by molar-refractivity contribution is 5.76. The molecule has 0 aliphatic heterocycles. The van der Waals surface area contributed by atoms with Crippen LogP contribution in [0.3, 0.4) is 0 Å². The minimum atomic E-state index is 0.139. The van der Waals surface area contributed by atoms with Crippen LogP contribution in [0, 0.1) is 11.8 Å². The predicted molar refractivity (Wildman–Crippen MR) is 60.5 cm³/mol. The molecule has 1 atom stereocenters. The summed E-state index contributed by atoms with van der Waals surface area (Å²) in [6, 6.07) is 1.01. The zero-order valence-electron chi connectivity index (χ0n) is 9.75. The average Bonchev–Trinajstić information content (AvgIpc) is 3.02. The first-order valence-electron chi connectivity index (χ1n) is 6.17. The van der Waals surface area contributed by atoms with Gasteiger partial charge in [0.1, 0.15) is 0 Å². The van der Waals surface area contributed by atoms with E-state index in [2.05, 4.69) is 17.6 Å². The third-order valence-corrected chi connectivity index (χ3v) is 3.51. The molecule has 0 aromatic carbocycles. The van der Waals surface area contributed by atoms with Gasteiger partial charge in [0.2, 0.25) is 5.91 Å². The highest BCUT2D eigenvalue weighted by Crippen LogP contribution is 2.44. The Kier molecular flexibility index (Phi) is 3.29. The lowest BCUT2D eigenvalue weighted by atomic mass is 10.1. The molecule has 86 valence electrons. The maximum atomic E-state index is 11.2. The molecule has 0 saturated heterocycles. The molecule has 1 unspecified atom stereocenters. The highest BCUT2D eigenvalue weighted by Gasteiger charge is 2.41. The molecule has 2 N–H and O–H groups in total. The molecule has 2 rings (SSSR count). The number of carbonyl (C=O) groups excluding carboxylic acids is 1. The van der Waals surface area contributed by atoms with Gasteiger partial charge < -0.3 is 10.6 Å². The molecule has 1 amide bonds. The van der Waals surface area contributed by atoms with Crippen LogP contribution < -0.4 is 10.6 Å². The lowest BCUT2D eigenvalue weighted by molar-refractivity contribution is -0.121. The van der Waals surface area contributed by atoms with Gasteiger partial charge in [-0.25, -0.2) is 0 Å². The number of rotatable bonds is 6. The molecule has 0 spiro atoms. The van der Waals surface area contributed by atoms with Crippen LogP contribution in [-0.2, 0) is 4.79 Å². The van der Waals surface area contributed by atoms with E-state index in [1.807, 2.05) is 0 Å². The molecule has 3 heteroatoms. The summed E-state index contributed by atoms with van der Waals surface area (Å²) in [4.78, 5) is 11.2. The molecule has 0 radical (unpaired) electrons. The van der Waals surface area contributed by atoms with E-state index < -0.39 is 0 Å². The van der Waals surface area contributed by atoms with E-state index >= 15 is 0 Å². The summed E-state index contributed by atoms with van der Waals surface area (Å²) >= 11 is 0. The summed E-state index contributed by atoms with van der Waals surface area (Å²) in [6.07, 6.45) is 6.16. The maximum absolute atomic E-state index is 11.2. The molecule has 0 aromatic rings. The number of hydrogen-bond donors (Lipinski definition) is 2. The summed E-state index contributed by atoms with van der Waals surface area (Å²) in [5, 5.41) is 6.33. The molecule has 0 bridgehead atoms. The first kappa shape index (κ1) is 10.9. The van der Waals surface area contributed by atoms with Crippen molar-refractivity contribution < 1.29 is 4.79 Å². The quantitative estimate of drug-likeness (QED) is 0.693. The Balaban J connectivity index is 1.75. The molecule has 0 aromatic heterocycles. The minimum absolute atomic E-state index is 0.139. The molecule has 0 heterocycles. The second-order valence-corrected chi connectivity index (χ2v) is 5.15. The lowest BCUT2D eigenvalue weighted by Gasteiger charge is -2.22. The summed E-state index contributed by atoms with van der Waals surface area (Å²) in [6.45, 7) is 2.12. The third kappa shape index (κ3) is 3.20. The van der Waals surface area contributed by atoms with Crippen molar-refractivity contribution >= 4 is 5.91 Å². The first-order chi connectivity index (χ1) is 7.20. The van der Waals surface area contributed by atoms with Gasteiger partial charge in [0, 0.05) is 25.6 Å². The van der Waals surface area contributed by atoms with Crippen LogP contribution >= 0.6 is 0 Å². The Morgan fingerprint density at radius 3 is 2.20 bits per heavy atom. The zero-order valence-corrected chi connectivity index (χ0v) is 9.75. The molecule has 2 aliphatic carbocycles. The van der Waals surface area contributed by atoms with E-state index in [1.165, 1.54) is 25.7 Å². The van der Waals surface area contributed by atoms with Gasteiger partial charge in [-0.1, -0.05) is 0 Å². The van der Waals surface area contributed by atoms with Crippen molar-refractivity contribution in [3.63, 3.8) is 0 Å². The van der Waals surface area contributed by atoms with Crippen molar-refractivity contribution in [2.24, 2.45) is 11.8 Å². The fraction of sp³-hybridized carbons (Fsp3) is 0.917. The minimum Gasteiger partial charge on any atom is -0.359 e. The van der Waals surface area contributed by atoms with E-state index in [9.17, 15) is 4.79 Å². The second-order valence-electron chi connectivity index (χ2n) is 5.15. The van der Waals surface area contributed by atoms with Gasteiger partial charge in [0.05, 0.1) is 0 Å². The van der Waals surface area contributed by atoms with Crippen LogP contribution in [0.5, 0.6) is 0 Å². The van der Waals surface area contributed by atoms with E-state index in [0.29, 0.717) is 18.5 Å². The van der Waals surface area contributed by atoms with Gasteiger partial charge in [0.15, 0.2) is 0 Å². The van der Waals surface area contributed by atoms with Crippen molar-refractivity contribution in [2.75, 3.05) is 7.05 Å². The Labute approximate surface area is 92.0 Å². The Hall–Kier alpha value is -0.570. The van der Waals surface area contributed by atoms with Gasteiger partial charge in [-0.15, -0.1) is 0 Å². The summed E-state index contributed by atoms with van der Waals surface area (Å²) in [5.74, 6) is 1.95. The number of amides is 1. The monoisotopic (exact) mass is 210 g/mol. The van der Waals surface area contributed by atoms with E-state index in [-0.39, 0.29) is 5.91 Å². The van der Waals surface area contributed by atoms with Crippen LogP contribution in [0.4, 0.5) is 0 Å². The maximum Gasteiger partial charge on any atom is 0.221 e. The van der Waals surface area contributed by atoms with Crippen LogP contribution in [0.15, 0.2) is 0 Å². The number of carbonyl (C=O) groups is 1. The van der Waals surface area contributed by atoms with Crippen molar-refractivity contribution in [3.8, 4) is 0 Å². The van der Waals surface area contributed by atoms with Crippen molar-refractivity contribution in [2.45, 2.75) is 51.1 Å². The first-order valence-corrected chi connectivity index (χ1v) is 6.17. The largest absolute Gasteiger partial charge is 0.359 e. The Bertz CT molecular complexity index is 222. The SMILES string of the molecule is CNC(=O)CC(C)NC(C1CC1)C1CC1. The topological polar surface area (TPSA) is 41.1 Å². The van der Waals surface area contributed by atoms with Gasteiger partial charge >= 0.3 is 0 Å². The lowest BCUT2D eigenvalue weighted by Crippen LogP contribution is -2.41. The van der Waals surface area contributed by atoms with Gasteiger partial charge in [-0.3, -0.25) is 4.79 Å². The molecule has 2 fully saturated rings. The molecule has 2 saturated carbocycles. The smallest absolute Gasteiger partial charge is 0.221 e. The molecule has 15 heavy (non-hydrogen) atoms. The van der Waals surface area contributed by atoms with Crippen molar-refractivity contribution in [1.82, 2.24) is 10.6 Å². The van der Waals surface area contributed by atoms with Crippen LogP contribution in [0.1, 0.15) is 39.0 Å². The fourth-order valence-electron chi connectivity index (χ4n) is 2.34. The standard InChI is InChI=1S/C12H22N2O/c1-8(7-11(15)13-2)14-12(9-3-4-9)10-5-6-10/h8-10,12,14H,3-7H2,1-2H3,(H,13,15). The molecular weight excluding hydrogens is 188 g/mol. The Morgan fingerprint density at radius 2 is 1.80 bits per heavy atom. The summed E-state index contributed by atoms with van der Waals surface area (Å²) in [7, 11) is 1.70. The van der Waals surface area contributed by atoms with Crippen LogP contribution in [0.2, 0.25) is 0 Å². The molecule has 3 nitrogen and oxygen atoms in total. The van der Waals surface area contributed by atoms with E-state index in [0.717, 1.165) is 11.8 Å². The molecule has 2 aliphatic rings. The second kappa shape index (κ2) is 4.52. The number of hydrogen-bond acceptors (Lipinski definition) is 2. The van der Waals surface area contributed by atoms with Gasteiger partial charge in [0.25, 0.3) is 0 Å². The summed E-state index contributed by atoms with van der Waals surface area (Å²) in [5.41, 5.74) is 0. The average molecular weight is 210 g/mol. The van der Waals surface area contributed by atoms with E-state index in [1.54, 1.807) is 7.05 Å². The number of nitrogens with one attached hydrogen (secondary N) is 2. The van der Waals surface area contributed by atoms with Crippen molar-refractivity contribution in [3.05, 3.63) is 0 Å². The van der Waals surface area contributed by atoms with Crippen molar-refractivity contribution in [1.29, 1.82) is 0 Å². The molecular formula is C12H22N2O. The predicted octanol–water partition coefficient (Wildman–Crippen LogP) is 1.29. The van der Waals surface area contributed by atoms with Gasteiger partial charge in [-0.05, 0) is 44.4 Å². The third-order valence-electron chi connectivity index (χ3n) is 3.51. The normalized spacial score (nSPS) is 22.9. The van der Waals surface area contributed by atoms with E-state index in [4.69, 9.17) is 0 Å². The Morgan fingerprint density at radius 1 is 1.27 bits per heavy atom. The zero-order chi connectivity index (χ0) is 10.8. The van der Waals surface area contributed by atoms with Crippen LogP contribution in [-0.4, -0.2) is 25.0 Å². The van der Waals surface area contributed by atoms with Gasteiger partial charge in [-0.2, -0.15) is 0 Å². The highest BCUT2D eigenvalue weighted by atomic mass is 16.1. The van der Waals surface area contributed by atoms with Crippen LogP contribution in [0.25, 0.3) is 0 Å².